The average Bonchev–Trinajstić information content (AvgIpc) is 3.08. The number of aromatic amines is 2. The second kappa shape index (κ2) is 7.88. The van der Waals surface area contributed by atoms with Gasteiger partial charge in [-0.1, -0.05) is 17.7 Å². The summed E-state index contributed by atoms with van der Waals surface area (Å²) in [5, 5.41) is -0.613. The summed E-state index contributed by atoms with van der Waals surface area (Å²) < 4.78 is 72.4. The Labute approximate surface area is 183 Å². The Kier molecular flexibility index (Phi) is 5.34. The molecule has 32 heavy (non-hydrogen) atoms. The van der Waals surface area contributed by atoms with Crippen molar-refractivity contribution in [3.63, 3.8) is 0 Å². The zero-order valence-corrected chi connectivity index (χ0v) is 17.3. The fraction of sp³-hybridized carbons (Fsp3) is 0.0526. The van der Waals surface area contributed by atoms with Gasteiger partial charge in [-0.05, 0) is 30.3 Å². The summed E-state index contributed by atoms with van der Waals surface area (Å²) in [6, 6.07) is 9.52. The van der Waals surface area contributed by atoms with Crippen molar-refractivity contribution in [3.8, 4) is 11.5 Å². The number of alkyl halides is 3. The van der Waals surface area contributed by atoms with Gasteiger partial charge in [0.2, 0.25) is 0 Å². The molecule has 0 aliphatic rings. The predicted molar refractivity (Wildman–Crippen MR) is 110 cm³/mol. The zero-order valence-electron chi connectivity index (χ0n) is 15.7. The van der Waals surface area contributed by atoms with E-state index < -0.39 is 37.4 Å². The molecule has 2 heterocycles. The Morgan fingerprint density at radius 2 is 1.84 bits per heavy atom. The molecule has 2 aromatic carbocycles. The second-order valence-corrected chi connectivity index (χ2v) is 8.58. The maximum absolute atomic E-state index is 13.1. The van der Waals surface area contributed by atoms with Crippen LogP contribution in [-0.4, -0.2) is 23.4 Å². The molecule has 0 amide bonds. The molecule has 0 saturated carbocycles. The minimum atomic E-state index is -4.81. The van der Waals surface area contributed by atoms with Crippen LogP contribution in [0.3, 0.4) is 0 Å². The largest absolute Gasteiger partial charge is 0.455 e. The number of rotatable bonds is 5. The Balaban J connectivity index is 1.62. The van der Waals surface area contributed by atoms with Gasteiger partial charge in [0.1, 0.15) is 11.3 Å². The van der Waals surface area contributed by atoms with Crippen molar-refractivity contribution in [1.82, 2.24) is 15.0 Å². The van der Waals surface area contributed by atoms with E-state index in [4.69, 9.17) is 16.3 Å². The molecule has 0 fully saturated rings. The van der Waals surface area contributed by atoms with Crippen LogP contribution in [0, 0.1) is 0 Å². The summed E-state index contributed by atoms with van der Waals surface area (Å²) in [6.07, 6.45) is -3.40. The first kappa shape index (κ1) is 21.7. The normalized spacial score (nSPS) is 12.1. The van der Waals surface area contributed by atoms with Gasteiger partial charge in [-0.15, -0.1) is 0 Å². The van der Waals surface area contributed by atoms with E-state index in [0.717, 1.165) is 12.1 Å². The van der Waals surface area contributed by atoms with Crippen LogP contribution in [0.4, 0.5) is 18.9 Å². The lowest BCUT2D eigenvalue weighted by atomic mass is 10.2. The molecular weight excluding hydrogens is 473 g/mol. The van der Waals surface area contributed by atoms with E-state index in [-0.39, 0.29) is 22.8 Å². The molecule has 2 aromatic heterocycles. The summed E-state index contributed by atoms with van der Waals surface area (Å²) >= 11 is 5.55. The Bertz CT molecular complexity index is 1480. The standard InChI is InChI=1S/C19H12ClF3N4O4S/c20-14-5-4-12(9-13(14)19(21,22)23)32(29,30)27-10-2-1-3-11(8-10)31-15-6-7-24-17-16(15)25-18(28)26-17/h1-9,27H,(H2,24,25,26,28). The zero-order chi connectivity index (χ0) is 23.1. The van der Waals surface area contributed by atoms with E-state index in [2.05, 4.69) is 19.7 Å². The third-order valence-electron chi connectivity index (χ3n) is 4.25. The quantitative estimate of drug-likeness (QED) is 0.385. The summed E-state index contributed by atoms with van der Waals surface area (Å²) in [5.41, 5.74) is -1.12. The van der Waals surface area contributed by atoms with Crippen LogP contribution in [-0.2, 0) is 16.2 Å². The van der Waals surface area contributed by atoms with Crippen molar-refractivity contribution < 1.29 is 26.3 Å². The Hall–Kier alpha value is -3.51. The lowest BCUT2D eigenvalue weighted by Crippen LogP contribution is -2.15. The molecule has 4 aromatic rings. The number of fused-ring (bicyclic) bond motifs is 1. The molecule has 0 aliphatic carbocycles. The fourth-order valence-electron chi connectivity index (χ4n) is 2.85. The molecule has 4 rings (SSSR count). The SMILES string of the molecule is O=c1[nH]c2nccc(Oc3cccc(NS(=O)(=O)c4ccc(Cl)c(C(F)(F)F)c4)c3)c2[nH]1. The number of nitrogens with one attached hydrogen (secondary N) is 3. The maximum Gasteiger partial charge on any atom is 0.417 e. The van der Waals surface area contributed by atoms with E-state index in [1.807, 2.05) is 0 Å². The number of halogens is 4. The van der Waals surface area contributed by atoms with Gasteiger partial charge >= 0.3 is 11.9 Å². The lowest BCUT2D eigenvalue weighted by Gasteiger charge is -2.13. The number of ether oxygens (including phenoxy) is 1. The maximum atomic E-state index is 13.1. The first-order valence-electron chi connectivity index (χ1n) is 8.77. The first-order chi connectivity index (χ1) is 15.0. The highest BCUT2D eigenvalue weighted by atomic mass is 35.5. The fourth-order valence-corrected chi connectivity index (χ4v) is 4.15. The van der Waals surface area contributed by atoms with Gasteiger partial charge in [0, 0.05) is 18.3 Å². The van der Waals surface area contributed by atoms with Crippen LogP contribution in [0.5, 0.6) is 11.5 Å². The topological polar surface area (TPSA) is 117 Å². The van der Waals surface area contributed by atoms with Gasteiger partial charge in [-0.3, -0.25) is 9.71 Å². The van der Waals surface area contributed by atoms with Crippen LogP contribution < -0.4 is 15.1 Å². The van der Waals surface area contributed by atoms with E-state index in [1.54, 1.807) is 0 Å². The third kappa shape index (κ3) is 4.41. The molecular formula is C19H12ClF3N4O4S. The second-order valence-electron chi connectivity index (χ2n) is 6.49. The first-order valence-corrected chi connectivity index (χ1v) is 10.6. The van der Waals surface area contributed by atoms with Gasteiger partial charge in [-0.25, -0.2) is 18.2 Å². The van der Waals surface area contributed by atoms with E-state index in [1.165, 1.54) is 36.5 Å². The number of aromatic nitrogens is 3. The predicted octanol–water partition coefficient (Wildman–Crippen LogP) is 4.52. The Morgan fingerprint density at radius 3 is 2.59 bits per heavy atom. The number of benzene rings is 2. The minimum Gasteiger partial charge on any atom is -0.455 e. The van der Waals surface area contributed by atoms with E-state index >= 15 is 0 Å². The highest BCUT2D eigenvalue weighted by molar-refractivity contribution is 7.92. The highest BCUT2D eigenvalue weighted by Crippen LogP contribution is 2.36. The van der Waals surface area contributed by atoms with Gasteiger partial charge in [0.15, 0.2) is 11.4 Å². The molecule has 166 valence electrons. The van der Waals surface area contributed by atoms with Crippen molar-refractivity contribution in [1.29, 1.82) is 0 Å². The average molecular weight is 485 g/mol. The molecule has 8 nitrogen and oxygen atoms in total. The van der Waals surface area contributed by atoms with Crippen LogP contribution in [0.15, 0.2) is 64.4 Å². The number of sulfonamides is 1. The molecule has 0 atom stereocenters. The van der Waals surface area contributed by atoms with Crippen molar-refractivity contribution in [2.45, 2.75) is 11.1 Å². The molecule has 0 unspecified atom stereocenters. The molecule has 0 bridgehead atoms. The van der Waals surface area contributed by atoms with Gasteiger partial charge in [0.05, 0.1) is 21.2 Å². The summed E-state index contributed by atoms with van der Waals surface area (Å²) in [7, 11) is -4.36. The van der Waals surface area contributed by atoms with E-state index in [9.17, 15) is 26.4 Å². The molecule has 3 N–H and O–H groups in total. The van der Waals surface area contributed by atoms with Crippen LogP contribution in [0.25, 0.3) is 11.2 Å². The van der Waals surface area contributed by atoms with Gasteiger partial charge in [-0.2, -0.15) is 13.2 Å². The van der Waals surface area contributed by atoms with Crippen LogP contribution in [0.2, 0.25) is 5.02 Å². The van der Waals surface area contributed by atoms with Gasteiger partial charge in [0.25, 0.3) is 10.0 Å². The van der Waals surface area contributed by atoms with Crippen molar-refractivity contribution in [2.75, 3.05) is 4.72 Å². The number of hydrogen-bond donors (Lipinski definition) is 3. The van der Waals surface area contributed by atoms with Crippen LogP contribution in [0.1, 0.15) is 5.56 Å². The number of hydrogen-bond acceptors (Lipinski definition) is 5. The number of anilines is 1. The van der Waals surface area contributed by atoms with Crippen molar-refractivity contribution in [3.05, 3.63) is 75.8 Å². The Morgan fingerprint density at radius 1 is 1.06 bits per heavy atom. The molecule has 0 spiro atoms. The van der Waals surface area contributed by atoms with Crippen LogP contribution >= 0.6 is 11.6 Å². The lowest BCUT2D eigenvalue weighted by molar-refractivity contribution is -0.137. The summed E-state index contributed by atoms with van der Waals surface area (Å²) in [6.45, 7) is 0. The molecule has 0 radical (unpaired) electrons. The summed E-state index contributed by atoms with van der Waals surface area (Å²) in [4.78, 5) is 19.9. The molecule has 0 saturated heterocycles. The minimum absolute atomic E-state index is 0.0406. The summed E-state index contributed by atoms with van der Waals surface area (Å²) in [5.74, 6) is 0.452. The number of imidazole rings is 1. The number of nitrogens with zero attached hydrogens (tertiary/aromatic N) is 1. The van der Waals surface area contributed by atoms with E-state index in [0.29, 0.717) is 11.6 Å². The smallest absolute Gasteiger partial charge is 0.417 e. The van der Waals surface area contributed by atoms with Gasteiger partial charge < -0.3 is 9.72 Å². The molecule has 13 heteroatoms. The number of H-pyrrole nitrogens is 2. The number of pyridine rings is 1. The van der Waals surface area contributed by atoms with Crippen molar-refractivity contribution in [2.24, 2.45) is 0 Å². The highest BCUT2D eigenvalue weighted by Gasteiger charge is 2.34. The monoisotopic (exact) mass is 484 g/mol. The van der Waals surface area contributed by atoms with Crippen molar-refractivity contribution >= 4 is 38.5 Å². The third-order valence-corrected chi connectivity index (χ3v) is 5.96. The molecule has 0 aliphatic heterocycles.